The van der Waals surface area contributed by atoms with Gasteiger partial charge in [0.1, 0.15) is 23.9 Å². The summed E-state index contributed by atoms with van der Waals surface area (Å²) in [4.78, 5) is 28.7. The molecular formula is C33H30N4O4S. The summed E-state index contributed by atoms with van der Waals surface area (Å²) in [6.45, 7) is 2.13. The third-order valence-electron chi connectivity index (χ3n) is 7.14. The van der Waals surface area contributed by atoms with Gasteiger partial charge in [-0.3, -0.25) is 14.5 Å². The monoisotopic (exact) mass is 578 g/mol. The highest BCUT2D eigenvalue weighted by Crippen LogP contribution is 2.48. The third-order valence-corrected chi connectivity index (χ3v) is 8.39. The van der Waals surface area contributed by atoms with E-state index in [9.17, 15) is 9.59 Å². The molecule has 5 aromatic rings. The van der Waals surface area contributed by atoms with Crippen molar-refractivity contribution in [1.29, 1.82) is 0 Å². The van der Waals surface area contributed by atoms with Crippen molar-refractivity contribution in [3.05, 3.63) is 120 Å². The Bertz CT molecular complexity index is 1700. The largest absolute Gasteiger partial charge is 0.497 e. The first-order valence-electron chi connectivity index (χ1n) is 13.6. The van der Waals surface area contributed by atoms with Gasteiger partial charge in [0.2, 0.25) is 11.8 Å². The number of aryl methyl sites for hydroxylation is 1. The molecule has 42 heavy (non-hydrogen) atoms. The molecule has 0 radical (unpaired) electrons. The summed E-state index contributed by atoms with van der Waals surface area (Å²) in [6, 6.07) is 29.4. The van der Waals surface area contributed by atoms with Crippen LogP contribution in [0.1, 0.15) is 27.7 Å². The van der Waals surface area contributed by atoms with E-state index in [0.29, 0.717) is 17.3 Å². The molecule has 0 saturated carbocycles. The fourth-order valence-corrected chi connectivity index (χ4v) is 6.31. The number of furan rings is 1. The second kappa shape index (κ2) is 12.0. The lowest BCUT2D eigenvalue weighted by Gasteiger charge is -2.23. The molecule has 9 heteroatoms. The van der Waals surface area contributed by atoms with Crippen molar-refractivity contribution < 1.29 is 18.7 Å². The molecule has 2 aromatic heterocycles. The number of rotatable bonds is 8. The molecule has 0 fully saturated rings. The second-order valence-corrected chi connectivity index (χ2v) is 11.1. The molecule has 2 amide bonds. The molecule has 1 unspecified atom stereocenters. The van der Waals surface area contributed by atoms with E-state index in [1.165, 1.54) is 0 Å². The van der Waals surface area contributed by atoms with E-state index >= 15 is 0 Å². The number of aromatic nitrogens is 2. The minimum Gasteiger partial charge on any atom is -0.497 e. The molecule has 0 saturated heterocycles. The predicted molar refractivity (Wildman–Crippen MR) is 164 cm³/mol. The van der Waals surface area contributed by atoms with E-state index in [-0.39, 0.29) is 35.9 Å². The van der Waals surface area contributed by atoms with Crippen molar-refractivity contribution in [3.8, 4) is 22.7 Å². The average Bonchev–Trinajstić information content (AvgIpc) is 3.65. The minimum absolute atomic E-state index is 0.163. The topological polar surface area (TPSA) is 89.6 Å². The van der Waals surface area contributed by atoms with Gasteiger partial charge in [-0.1, -0.05) is 60.2 Å². The third kappa shape index (κ3) is 5.56. The molecule has 0 spiro atoms. The average molecular weight is 579 g/mol. The molecule has 1 N–H and O–H groups in total. The van der Waals surface area contributed by atoms with Gasteiger partial charge in [-0.05, 0) is 48.9 Å². The van der Waals surface area contributed by atoms with E-state index in [2.05, 4.69) is 30.4 Å². The number of carbonyl (C=O) groups excluding carboxylic acids is 2. The van der Waals surface area contributed by atoms with Crippen LogP contribution < -0.4 is 15.0 Å². The number of hydrogen-bond acceptors (Lipinski definition) is 6. The molecule has 0 bridgehead atoms. The SMILES string of the molecule is COc1ccc(-n2nc(-c3ccccc3)c3c2N(CC(=O)NCc2ccco2)C(=O)CSC3c2cccc(C)c2)cc1. The Balaban J connectivity index is 1.53. The number of ether oxygens (including phenoxy) is 1. The first-order chi connectivity index (χ1) is 20.5. The van der Waals surface area contributed by atoms with Crippen molar-refractivity contribution in [2.75, 3.05) is 24.3 Å². The Labute approximate surface area is 248 Å². The molecule has 3 heterocycles. The molecule has 3 aromatic carbocycles. The molecule has 212 valence electrons. The fraction of sp³-hybridized carbons (Fsp3) is 0.182. The predicted octanol–water partition coefficient (Wildman–Crippen LogP) is 5.93. The van der Waals surface area contributed by atoms with Gasteiger partial charge in [0.15, 0.2) is 0 Å². The highest BCUT2D eigenvalue weighted by molar-refractivity contribution is 8.00. The van der Waals surface area contributed by atoms with Gasteiger partial charge in [-0.2, -0.15) is 5.10 Å². The fourth-order valence-electron chi connectivity index (χ4n) is 5.13. The Morgan fingerprint density at radius 1 is 1.05 bits per heavy atom. The van der Waals surface area contributed by atoms with E-state index in [0.717, 1.165) is 33.6 Å². The first-order valence-corrected chi connectivity index (χ1v) is 14.7. The molecule has 6 rings (SSSR count). The highest BCUT2D eigenvalue weighted by Gasteiger charge is 2.37. The number of thioether (sulfide) groups is 1. The number of fused-ring (bicyclic) bond motifs is 1. The lowest BCUT2D eigenvalue weighted by Crippen LogP contribution is -2.42. The quantitative estimate of drug-likeness (QED) is 0.245. The van der Waals surface area contributed by atoms with Crippen LogP contribution in [0.2, 0.25) is 0 Å². The van der Waals surface area contributed by atoms with E-state index < -0.39 is 0 Å². The van der Waals surface area contributed by atoms with Crippen LogP contribution in [-0.2, 0) is 16.1 Å². The number of benzene rings is 3. The summed E-state index contributed by atoms with van der Waals surface area (Å²) in [7, 11) is 1.62. The van der Waals surface area contributed by atoms with Crippen LogP contribution in [0, 0.1) is 6.92 Å². The minimum atomic E-state index is -0.298. The highest BCUT2D eigenvalue weighted by atomic mass is 32.2. The summed E-state index contributed by atoms with van der Waals surface area (Å²) in [5.74, 6) is 1.66. The molecule has 8 nitrogen and oxygen atoms in total. The zero-order valence-corrected chi connectivity index (χ0v) is 24.1. The maximum Gasteiger partial charge on any atom is 0.240 e. The van der Waals surface area contributed by atoms with Gasteiger partial charge >= 0.3 is 0 Å². The van der Waals surface area contributed by atoms with Crippen LogP contribution in [0.3, 0.4) is 0 Å². The first kappa shape index (κ1) is 27.4. The van der Waals surface area contributed by atoms with E-state index in [4.69, 9.17) is 14.3 Å². The van der Waals surface area contributed by atoms with Crippen molar-refractivity contribution in [2.24, 2.45) is 0 Å². The molecular weight excluding hydrogens is 548 g/mol. The number of nitrogens with zero attached hydrogens (tertiary/aromatic N) is 3. The maximum atomic E-state index is 13.9. The number of nitrogens with one attached hydrogen (secondary N) is 1. The normalized spacial score (nSPS) is 14.8. The molecule has 1 atom stereocenters. The molecule has 1 aliphatic rings. The van der Waals surface area contributed by atoms with Crippen LogP contribution in [0.5, 0.6) is 5.75 Å². The van der Waals surface area contributed by atoms with Crippen molar-refractivity contribution in [2.45, 2.75) is 18.7 Å². The molecule has 0 aliphatic carbocycles. The van der Waals surface area contributed by atoms with Crippen LogP contribution in [-0.4, -0.2) is 41.0 Å². The van der Waals surface area contributed by atoms with Crippen LogP contribution >= 0.6 is 11.8 Å². The van der Waals surface area contributed by atoms with Crippen LogP contribution in [0.4, 0.5) is 5.82 Å². The Hall–Kier alpha value is -4.76. The lowest BCUT2D eigenvalue weighted by molar-refractivity contribution is -0.123. The van der Waals surface area contributed by atoms with Crippen molar-refractivity contribution in [1.82, 2.24) is 15.1 Å². The Morgan fingerprint density at radius 3 is 2.57 bits per heavy atom. The van der Waals surface area contributed by atoms with E-state index in [1.54, 1.807) is 46.8 Å². The number of carbonyl (C=O) groups is 2. The summed E-state index contributed by atoms with van der Waals surface area (Å²) < 4.78 is 12.5. The summed E-state index contributed by atoms with van der Waals surface area (Å²) in [6.07, 6.45) is 1.56. The number of anilines is 1. The lowest BCUT2D eigenvalue weighted by atomic mass is 9.98. The van der Waals surface area contributed by atoms with Gasteiger partial charge in [-0.25, -0.2) is 4.68 Å². The van der Waals surface area contributed by atoms with Gasteiger partial charge < -0.3 is 14.5 Å². The Kier molecular flexibility index (Phi) is 7.83. The number of hydrogen-bond donors (Lipinski definition) is 1. The van der Waals surface area contributed by atoms with Gasteiger partial charge in [0.05, 0.1) is 42.3 Å². The van der Waals surface area contributed by atoms with Gasteiger partial charge in [0.25, 0.3) is 0 Å². The smallest absolute Gasteiger partial charge is 0.240 e. The summed E-state index contributed by atoms with van der Waals surface area (Å²) in [5.41, 5.74) is 5.52. The number of amides is 2. The second-order valence-electron chi connectivity index (χ2n) is 10.0. The van der Waals surface area contributed by atoms with Crippen LogP contribution in [0.15, 0.2) is 102 Å². The zero-order chi connectivity index (χ0) is 29.1. The van der Waals surface area contributed by atoms with Gasteiger partial charge in [0, 0.05) is 11.1 Å². The summed E-state index contributed by atoms with van der Waals surface area (Å²) in [5, 5.41) is 7.82. The standard InChI is InChI=1S/C33H30N4O4S/c1-22-8-6-11-24(18-22)32-30-31(23-9-4-3-5-10-23)35-37(25-13-15-26(40-2)16-14-25)33(30)36(29(39)21-42-32)20-28(38)34-19-27-12-7-17-41-27/h3-18,32H,19-21H2,1-2H3,(H,34,38). The summed E-state index contributed by atoms with van der Waals surface area (Å²) >= 11 is 1.55. The Morgan fingerprint density at radius 2 is 1.86 bits per heavy atom. The maximum absolute atomic E-state index is 13.9. The van der Waals surface area contributed by atoms with E-state index in [1.807, 2.05) is 60.7 Å². The van der Waals surface area contributed by atoms with Crippen LogP contribution in [0.25, 0.3) is 16.9 Å². The van der Waals surface area contributed by atoms with Crippen molar-refractivity contribution in [3.63, 3.8) is 0 Å². The van der Waals surface area contributed by atoms with Gasteiger partial charge in [-0.15, -0.1) is 11.8 Å². The zero-order valence-electron chi connectivity index (χ0n) is 23.3. The van der Waals surface area contributed by atoms with Crippen molar-refractivity contribution >= 4 is 29.4 Å². The molecule has 1 aliphatic heterocycles. The number of methoxy groups -OCH3 is 1.